The van der Waals surface area contributed by atoms with E-state index in [-0.39, 0.29) is 23.1 Å². The highest BCUT2D eigenvalue weighted by Gasteiger charge is 2.89. The van der Waals surface area contributed by atoms with E-state index in [2.05, 4.69) is 27.7 Å². The summed E-state index contributed by atoms with van der Waals surface area (Å²) < 4.78 is 12.1. The number of aliphatic hydroxyl groups is 1. The maximum atomic E-state index is 12.9. The van der Waals surface area contributed by atoms with Crippen LogP contribution in [0.15, 0.2) is 0 Å². The van der Waals surface area contributed by atoms with E-state index < -0.39 is 16.6 Å². The summed E-state index contributed by atoms with van der Waals surface area (Å²) in [5.74, 6) is 0.665. The van der Waals surface area contributed by atoms with Gasteiger partial charge in [0.2, 0.25) is 0 Å². The quantitative estimate of drug-likeness (QED) is 0.591. The summed E-state index contributed by atoms with van der Waals surface area (Å²) in [5, 5.41) is 11.8. The van der Waals surface area contributed by atoms with Gasteiger partial charge in [0.05, 0.1) is 0 Å². The summed E-state index contributed by atoms with van der Waals surface area (Å²) in [7, 11) is 0. The topological polar surface area (TPSA) is 59.1 Å². The van der Waals surface area contributed by atoms with E-state index in [1.807, 2.05) is 0 Å². The first kappa shape index (κ1) is 15.6. The highest BCUT2D eigenvalue weighted by molar-refractivity contribution is 5.87. The second kappa shape index (κ2) is 4.03. The lowest BCUT2D eigenvalue weighted by atomic mass is 9.37. The minimum atomic E-state index is -0.993. The monoisotopic (exact) mass is 334 g/mol. The molecular formula is C20H30O4. The van der Waals surface area contributed by atoms with Gasteiger partial charge in [0, 0.05) is 0 Å². The summed E-state index contributed by atoms with van der Waals surface area (Å²) in [5.41, 5.74) is -2.22. The van der Waals surface area contributed by atoms with E-state index in [0.717, 1.165) is 38.5 Å². The number of fused-ring (bicyclic) bond motifs is 2. The van der Waals surface area contributed by atoms with Gasteiger partial charge in [-0.1, -0.05) is 34.1 Å². The Hall–Kier alpha value is -0.610. The van der Waals surface area contributed by atoms with E-state index in [0.29, 0.717) is 18.3 Å². The molecule has 5 fully saturated rings. The summed E-state index contributed by atoms with van der Waals surface area (Å²) in [4.78, 5) is 12.9. The van der Waals surface area contributed by atoms with Crippen LogP contribution in [0.5, 0.6) is 0 Å². The van der Waals surface area contributed by atoms with Gasteiger partial charge in [-0.3, -0.25) is 4.79 Å². The Morgan fingerprint density at radius 1 is 1.12 bits per heavy atom. The van der Waals surface area contributed by atoms with Crippen molar-refractivity contribution in [2.75, 3.05) is 0 Å². The van der Waals surface area contributed by atoms with Crippen molar-refractivity contribution in [3.05, 3.63) is 0 Å². The molecule has 0 amide bonds. The molecule has 5 rings (SSSR count). The zero-order valence-electron chi connectivity index (χ0n) is 15.4. The number of hydrogen-bond acceptors (Lipinski definition) is 4. The molecule has 1 N–H and O–H groups in total. The largest absolute Gasteiger partial charge is 0.454 e. The number of hydrogen-bond donors (Lipinski definition) is 1. The molecule has 0 aromatic heterocycles. The Labute approximate surface area is 144 Å². The average Bonchev–Trinajstić information content (AvgIpc) is 3.25. The Kier molecular flexibility index (Phi) is 2.63. The van der Waals surface area contributed by atoms with Gasteiger partial charge >= 0.3 is 5.97 Å². The van der Waals surface area contributed by atoms with Crippen LogP contribution in [0.1, 0.15) is 72.6 Å². The van der Waals surface area contributed by atoms with Crippen molar-refractivity contribution >= 4 is 5.97 Å². The third-order valence-electron chi connectivity index (χ3n) is 8.80. The van der Waals surface area contributed by atoms with Gasteiger partial charge < -0.3 is 14.6 Å². The van der Waals surface area contributed by atoms with Crippen molar-refractivity contribution < 1.29 is 19.4 Å². The SMILES string of the molecule is CC(C)C12CCC34OC(=O)C35CCCC(C)(C)C5CCC4(O)C1O2. The fourth-order valence-electron chi connectivity index (χ4n) is 7.51. The van der Waals surface area contributed by atoms with Crippen molar-refractivity contribution in [3.8, 4) is 0 Å². The summed E-state index contributed by atoms with van der Waals surface area (Å²) in [6.07, 6.45) is 6.22. The molecule has 2 saturated heterocycles. The van der Waals surface area contributed by atoms with Crippen molar-refractivity contribution in [3.63, 3.8) is 0 Å². The van der Waals surface area contributed by atoms with Crippen molar-refractivity contribution in [1.29, 1.82) is 0 Å². The van der Waals surface area contributed by atoms with Gasteiger partial charge in [0.25, 0.3) is 0 Å². The molecule has 134 valence electrons. The van der Waals surface area contributed by atoms with Crippen LogP contribution in [0.2, 0.25) is 0 Å². The van der Waals surface area contributed by atoms with Gasteiger partial charge in [-0.2, -0.15) is 0 Å². The van der Waals surface area contributed by atoms with E-state index in [1.165, 1.54) is 0 Å². The van der Waals surface area contributed by atoms with Gasteiger partial charge in [-0.25, -0.2) is 0 Å². The number of carbonyl (C=O) groups is 1. The molecule has 2 heterocycles. The first-order chi connectivity index (χ1) is 11.2. The second-order valence-electron chi connectivity index (χ2n) is 10.2. The molecule has 2 spiro atoms. The standard InChI is InChI=1S/C20H30O4/c1-12(2)18-10-11-20-17(15(21)24-20)8-5-7-16(3,4)13(17)6-9-19(20,22)14(18)23-18/h12-14,22H,5-11H2,1-4H3. The van der Waals surface area contributed by atoms with E-state index in [1.54, 1.807) is 0 Å². The smallest absolute Gasteiger partial charge is 0.317 e. The molecule has 0 aromatic rings. The highest BCUT2D eigenvalue weighted by atomic mass is 16.6. The molecule has 6 atom stereocenters. The van der Waals surface area contributed by atoms with Gasteiger partial charge in [-0.05, 0) is 55.8 Å². The number of epoxide rings is 1. The molecule has 2 aliphatic heterocycles. The van der Waals surface area contributed by atoms with Crippen molar-refractivity contribution in [2.45, 2.75) is 95.5 Å². The van der Waals surface area contributed by atoms with Gasteiger partial charge in [0.1, 0.15) is 22.7 Å². The molecule has 3 aliphatic carbocycles. The fraction of sp³-hybridized carbons (Fsp3) is 0.950. The Morgan fingerprint density at radius 3 is 2.54 bits per heavy atom. The molecular weight excluding hydrogens is 304 g/mol. The van der Waals surface area contributed by atoms with Crippen LogP contribution < -0.4 is 0 Å². The van der Waals surface area contributed by atoms with Crippen LogP contribution in [0, 0.1) is 22.7 Å². The normalized spacial score (nSPS) is 57.0. The predicted octanol–water partition coefficient (Wildman–Crippen LogP) is 3.21. The fourth-order valence-corrected chi connectivity index (χ4v) is 7.51. The molecule has 0 aromatic carbocycles. The third kappa shape index (κ3) is 1.31. The summed E-state index contributed by atoms with van der Waals surface area (Å²) >= 11 is 0. The summed E-state index contributed by atoms with van der Waals surface area (Å²) in [6.45, 7) is 8.97. The lowest BCUT2D eigenvalue weighted by Gasteiger charge is -2.72. The molecule has 5 aliphatic rings. The summed E-state index contributed by atoms with van der Waals surface area (Å²) in [6, 6.07) is 0. The highest BCUT2D eigenvalue weighted by Crippen LogP contribution is 2.76. The van der Waals surface area contributed by atoms with E-state index in [9.17, 15) is 9.90 Å². The number of rotatable bonds is 1. The number of carbonyl (C=O) groups excluding carboxylic acids is 1. The zero-order valence-corrected chi connectivity index (χ0v) is 15.4. The van der Waals surface area contributed by atoms with Crippen LogP contribution in [0.4, 0.5) is 0 Å². The number of ether oxygens (including phenoxy) is 2. The van der Waals surface area contributed by atoms with Crippen LogP contribution in [0.3, 0.4) is 0 Å². The Bertz CT molecular complexity index is 627. The Morgan fingerprint density at radius 2 is 1.88 bits per heavy atom. The minimum Gasteiger partial charge on any atom is -0.454 e. The third-order valence-corrected chi connectivity index (χ3v) is 8.80. The van der Waals surface area contributed by atoms with E-state index >= 15 is 0 Å². The lowest BCUT2D eigenvalue weighted by Crippen LogP contribution is -2.85. The van der Waals surface area contributed by atoms with Crippen LogP contribution in [-0.2, 0) is 14.3 Å². The lowest BCUT2D eigenvalue weighted by molar-refractivity contribution is -0.353. The second-order valence-corrected chi connectivity index (χ2v) is 10.2. The molecule has 3 saturated carbocycles. The maximum Gasteiger partial charge on any atom is 0.317 e. The molecule has 4 heteroatoms. The number of esters is 1. The van der Waals surface area contributed by atoms with Crippen molar-refractivity contribution in [2.24, 2.45) is 22.7 Å². The first-order valence-corrected chi connectivity index (χ1v) is 9.80. The molecule has 6 unspecified atom stereocenters. The van der Waals surface area contributed by atoms with Crippen LogP contribution in [-0.4, -0.2) is 34.0 Å². The molecule has 0 bridgehead atoms. The zero-order chi connectivity index (χ0) is 17.2. The van der Waals surface area contributed by atoms with Crippen LogP contribution in [0.25, 0.3) is 0 Å². The maximum absolute atomic E-state index is 12.9. The van der Waals surface area contributed by atoms with Gasteiger partial charge in [-0.15, -0.1) is 0 Å². The van der Waals surface area contributed by atoms with Crippen LogP contribution >= 0.6 is 0 Å². The molecule has 4 nitrogen and oxygen atoms in total. The van der Waals surface area contributed by atoms with Gasteiger partial charge in [0.15, 0.2) is 5.60 Å². The molecule has 0 radical (unpaired) electrons. The first-order valence-electron chi connectivity index (χ1n) is 9.80. The predicted molar refractivity (Wildman–Crippen MR) is 88.2 cm³/mol. The van der Waals surface area contributed by atoms with E-state index in [4.69, 9.17) is 9.47 Å². The Balaban J connectivity index is 1.63. The average molecular weight is 334 g/mol. The molecule has 24 heavy (non-hydrogen) atoms. The minimum absolute atomic E-state index is 0.0453. The van der Waals surface area contributed by atoms with Crippen molar-refractivity contribution in [1.82, 2.24) is 0 Å².